The number of hydrogen-bond donors (Lipinski definition) is 1. The van der Waals surface area contributed by atoms with Crippen molar-refractivity contribution >= 4 is 0 Å². The van der Waals surface area contributed by atoms with Crippen LogP contribution in [0.5, 0.6) is 0 Å². The lowest BCUT2D eigenvalue weighted by atomic mass is 10.2. The van der Waals surface area contributed by atoms with E-state index >= 15 is 0 Å². The van der Waals surface area contributed by atoms with Gasteiger partial charge in [0.15, 0.2) is 11.6 Å². The highest BCUT2D eigenvalue weighted by molar-refractivity contribution is 5.35. The second kappa shape index (κ2) is 4.54. The lowest BCUT2D eigenvalue weighted by molar-refractivity contribution is 0.521. The van der Waals surface area contributed by atoms with Gasteiger partial charge in [0, 0.05) is 18.7 Å². The molecular formula is C10H9F3N4. The number of hydrogen-bond acceptors (Lipinski definition) is 3. The molecule has 1 heterocycles. The molecule has 1 N–H and O–H groups in total. The average Bonchev–Trinajstić information content (AvgIpc) is 2.65. The molecule has 17 heavy (non-hydrogen) atoms. The SMILES string of the molecule is CNCc1cnnn1-c1c(F)cc(F)cc1F. The van der Waals surface area contributed by atoms with Gasteiger partial charge in [-0.2, -0.15) is 0 Å². The molecule has 0 aliphatic rings. The normalized spacial score (nSPS) is 10.8. The molecule has 0 unspecified atom stereocenters. The first-order valence-corrected chi connectivity index (χ1v) is 4.82. The minimum absolute atomic E-state index is 0.337. The molecule has 2 aromatic rings. The van der Waals surface area contributed by atoms with Crippen molar-refractivity contribution in [2.75, 3.05) is 7.05 Å². The molecule has 0 saturated heterocycles. The summed E-state index contributed by atoms with van der Waals surface area (Å²) in [5, 5.41) is 9.96. The van der Waals surface area contributed by atoms with Gasteiger partial charge in [-0.05, 0) is 7.05 Å². The fourth-order valence-electron chi connectivity index (χ4n) is 1.48. The Hall–Kier alpha value is -1.89. The van der Waals surface area contributed by atoms with Crippen LogP contribution < -0.4 is 5.32 Å². The first kappa shape index (κ1) is 11.6. The Labute approximate surface area is 95.1 Å². The monoisotopic (exact) mass is 242 g/mol. The lowest BCUT2D eigenvalue weighted by Crippen LogP contribution is -2.13. The van der Waals surface area contributed by atoms with Crippen LogP contribution in [0.1, 0.15) is 5.69 Å². The van der Waals surface area contributed by atoms with Crippen LogP contribution >= 0.6 is 0 Å². The van der Waals surface area contributed by atoms with Gasteiger partial charge in [0.2, 0.25) is 0 Å². The van der Waals surface area contributed by atoms with E-state index in [1.54, 1.807) is 7.05 Å². The van der Waals surface area contributed by atoms with Gasteiger partial charge in [-0.15, -0.1) is 5.10 Å². The maximum Gasteiger partial charge on any atom is 0.154 e. The smallest absolute Gasteiger partial charge is 0.154 e. The number of nitrogens with zero attached hydrogens (tertiary/aromatic N) is 3. The third-order valence-electron chi connectivity index (χ3n) is 2.17. The van der Waals surface area contributed by atoms with Crippen molar-refractivity contribution in [2.24, 2.45) is 0 Å². The predicted octanol–water partition coefficient (Wildman–Crippen LogP) is 1.40. The molecule has 0 saturated carbocycles. The van der Waals surface area contributed by atoms with Gasteiger partial charge in [-0.1, -0.05) is 5.21 Å². The highest BCUT2D eigenvalue weighted by atomic mass is 19.1. The van der Waals surface area contributed by atoms with Crippen LogP contribution in [0.25, 0.3) is 5.69 Å². The maximum atomic E-state index is 13.5. The van der Waals surface area contributed by atoms with Crippen molar-refractivity contribution in [2.45, 2.75) is 6.54 Å². The zero-order valence-corrected chi connectivity index (χ0v) is 8.91. The first-order chi connectivity index (χ1) is 8.13. The zero-order valence-electron chi connectivity index (χ0n) is 8.91. The summed E-state index contributed by atoms with van der Waals surface area (Å²) in [6, 6.07) is 1.20. The van der Waals surface area contributed by atoms with Crippen LogP contribution in [0.4, 0.5) is 13.2 Å². The molecule has 1 aromatic carbocycles. The molecule has 0 amide bonds. The van der Waals surface area contributed by atoms with Crippen LogP contribution in [-0.2, 0) is 6.54 Å². The number of benzene rings is 1. The Balaban J connectivity index is 2.56. The van der Waals surface area contributed by atoms with E-state index in [0.29, 0.717) is 24.4 Å². The van der Waals surface area contributed by atoms with E-state index in [1.807, 2.05) is 0 Å². The summed E-state index contributed by atoms with van der Waals surface area (Å²) >= 11 is 0. The molecule has 0 aliphatic heterocycles. The molecule has 0 atom stereocenters. The van der Waals surface area contributed by atoms with Crippen LogP contribution in [0.15, 0.2) is 18.3 Å². The summed E-state index contributed by atoms with van der Waals surface area (Å²) in [7, 11) is 1.68. The third kappa shape index (κ3) is 2.14. The highest BCUT2D eigenvalue weighted by Gasteiger charge is 2.17. The molecule has 0 radical (unpaired) electrons. The van der Waals surface area contributed by atoms with Gasteiger partial charge in [0.25, 0.3) is 0 Å². The second-order valence-electron chi connectivity index (χ2n) is 3.39. The van der Waals surface area contributed by atoms with E-state index in [4.69, 9.17) is 0 Å². The summed E-state index contributed by atoms with van der Waals surface area (Å²) in [6.07, 6.45) is 1.37. The summed E-state index contributed by atoms with van der Waals surface area (Å²) in [6.45, 7) is 0.337. The number of aromatic nitrogens is 3. The maximum absolute atomic E-state index is 13.5. The number of rotatable bonds is 3. The average molecular weight is 242 g/mol. The molecule has 0 spiro atoms. The van der Waals surface area contributed by atoms with E-state index in [9.17, 15) is 13.2 Å². The predicted molar refractivity (Wildman–Crippen MR) is 54.0 cm³/mol. The molecule has 90 valence electrons. The topological polar surface area (TPSA) is 42.7 Å². The van der Waals surface area contributed by atoms with E-state index < -0.39 is 23.1 Å². The van der Waals surface area contributed by atoms with Gasteiger partial charge < -0.3 is 5.32 Å². The van der Waals surface area contributed by atoms with Crippen molar-refractivity contribution in [3.05, 3.63) is 41.5 Å². The van der Waals surface area contributed by atoms with Crippen molar-refractivity contribution in [1.29, 1.82) is 0 Å². The first-order valence-electron chi connectivity index (χ1n) is 4.82. The summed E-state index contributed by atoms with van der Waals surface area (Å²) in [5.74, 6) is -3.02. The van der Waals surface area contributed by atoms with E-state index in [1.165, 1.54) is 6.20 Å². The Bertz CT molecular complexity index is 515. The van der Waals surface area contributed by atoms with Gasteiger partial charge in [-0.25, -0.2) is 17.9 Å². The van der Waals surface area contributed by atoms with Crippen molar-refractivity contribution in [1.82, 2.24) is 20.3 Å². The Kier molecular flexibility index (Phi) is 3.10. The van der Waals surface area contributed by atoms with Crippen LogP contribution in [0, 0.1) is 17.5 Å². The van der Waals surface area contributed by atoms with E-state index in [2.05, 4.69) is 15.6 Å². The quantitative estimate of drug-likeness (QED) is 0.884. The fraction of sp³-hybridized carbons (Fsp3) is 0.200. The minimum atomic E-state index is -1.02. The van der Waals surface area contributed by atoms with E-state index in [-0.39, 0.29) is 0 Å². The standard InChI is InChI=1S/C10H9F3N4/c1-14-4-7-5-15-16-17(7)10-8(12)2-6(11)3-9(10)13/h2-3,5,14H,4H2,1H3. The highest BCUT2D eigenvalue weighted by Crippen LogP contribution is 2.19. The molecule has 2 rings (SSSR count). The molecule has 7 heteroatoms. The van der Waals surface area contributed by atoms with Crippen LogP contribution in [0.3, 0.4) is 0 Å². The second-order valence-corrected chi connectivity index (χ2v) is 3.39. The molecular weight excluding hydrogens is 233 g/mol. The van der Waals surface area contributed by atoms with Crippen molar-refractivity contribution < 1.29 is 13.2 Å². The number of nitrogens with one attached hydrogen (secondary N) is 1. The van der Waals surface area contributed by atoms with Gasteiger partial charge >= 0.3 is 0 Å². The van der Waals surface area contributed by atoms with Crippen LogP contribution in [0.2, 0.25) is 0 Å². The molecule has 0 bridgehead atoms. The zero-order chi connectivity index (χ0) is 12.4. The lowest BCUT2D eigenvalue weighted by Gasteiger charge is -2.08. The van der Waals surface area contributed by atoms with Crippen LogP contribution in [-0.4, -0.2) is 22.0 Å². The summed E-state index contributed by atoms with van der Waals surface area (Å²) in [5.41, 5.74) is 0.0334. The largest absolute Gasteiger partial charge is 0.314 e. The summed E-state index contributed by atoms with van der Waals surface area (Å²) in [4.78, 5) is 0. The Morgan fingerprint density at radius 2 is 1.88 bits per heavy atom. The molecule has 4 nitrogen and oxygen atoms in total. The van der Waals surface area contributed by atoms with Gasteiger partial charge in [-0.3, -0.25) is 0 Å². The van der Waals surface area contributed by atoms with Gasteiger partial charge in [0.1, 0.15) is 11.5 Å². The summed E-state index contributed by atoms with van der Waals surface area (Å²) < 4.78 is 40.8. The molecule has 1 aromatic heterocycles. The van der Waals surface area contributed by atoms with Crippen molar-refractivity contribution in [3.8, 4) is 5.69 Å². The molecule has 0 aliphatic carbocycles. The third-order valence-corrected chi connectivity index (χ3v) is 2.17. The molecule has 0 fully saturated rings. The van der Waals surface area contributed by atoms with E-state index in [0.717, 1.165) is 4.68 Å². The van der Waals surface area contributed by atoms with Gasteiger partial charge in [0.05, 0.1) is 11.9 Å². The minimum Gasteiger partial charge on any atom is -0.314 e. The fourth-order valence-corrected chi connectivity index (χ4v) is 1.48. The Morgan fingerprint density at radius 1 is 1.24 bits per heavy atom. The number of halogens is 3. The Morgan fingerprint density at radius 3 is 2.47 bits per heavy atom. The van der Waals surface area contributed by atoms with Crippen molar-refractivity contribution in [3.63, 3.8) is 0 Å².